The van der Waals surface area contributed by atoms with Crippen LogP contribution >= 0.6 is 0 Å². The maximum Gasteiger partial charge on any atom is 0.410 e. The molecule has 7 nitrogen and oxygen atoms in total. The first-order chi connectivity index (χ1) is 11.5. The zero-order valence-electron chi connectivity index (χ0n) is 12.7. The monoisotopic (exact) mass is 327 g/mol. The van der Waals surface area contributed by atoms with Gasteiger partial charge >= 0.3 is 6.09 Å². The Kier molecular flexibility index (Phi) is 3.87. The van der Waals surface area contributed by atoms with Crippen molar-refractivity contribution < 1.29 is 13.9 Å². The van der Waals surface area contributed by atoms with Crippen molar-refractivity contribution >= 4 is 12.0 Å². The number of nitrogen functional groups attached to an aromatic ring is 1. The lowest BCUT2D eigenvalue weighted by Crippen LogP contribution is -2.16. The highest BCUT2D eigenvalue weighted by molar-refractivity contribution is 5.78. The molecule has 1 amide bonds. The standard InChI is InChI=1S/C16H14FN5O2/c1-8-3-2-4-9(13(8)17)14-12(24-16(19)23)7-11(21-14)10-5-6-20-15(18)22-10/h2-7,21H,1H3,(H2,19,23)(H2,18,20,22). The number of ether oxygens (including phenoxy) is 1. The van der Waals surface area contributed by atoms with Crippen LogP contribution in [-0.2, 0) is 0 Å². The number of halogens is 1. The number of aromatic nitrogens is 3. The molecule has 0 atom stereocenters. The quantitative estimate of drug-likeness (QED) is 0.683. The second-order valence-electron chi connectivity index (χ2n) is 5.08. The molecule has 3 rings (SSSR count). The number of rotatable bonds is 3. The molecule has 1 aromatic carbocycles. The Hall–Kier alpha value is -3.42. The molecule has 2 aromatic heterocycles. The number of anilines is 1. The number of primary amides is 1. The van der Waals surface area contributed by atoms with Crippen LogP contribution in [0, 0.1) is 12.7 Å². The second kappa shape index (κ2) is 5.99. The molecule has 0 aliphatic rings. The lowest BCUT2D eigenvalue weighted by atomic mass is 10.1. The number of amides is 1. The van der Waals surface area contributed by atoms with Crippen LogP contribution in [-0.4, -0.2) is 21.0 Å². The fourth-order valence-electron chi connectivity index (χ4n) is 2.33. The van der Waals surface area contributed by atoms with Crippen LogP contribution in [0.5, 0.6) is 5.75 Å². The van der Waals surface area contributed by atoms with E-state index in [1.54, 1.807) is 31.2 Å². The normalized spacial score (nSPS) is 10.6. The summed E-state index contributed by atoms with van der Waals surface area (Å²) in [5, 5.41) is 0. The van der Waals surface area contributed by atoms with E-state index in [1.807, 2.05) is 0 Å². The summed E-state index contributed by atoms with van der Waals surface area (Å²) >= 11 is 0. The average molecular weight is 327 g/mol. The molecule has 8 heteroatoms. The molecule has 0 spiro atoms. The molecule has 0 saturated carbocycles. The predicted molar refractivity (Wildman–Crippen MR) is 86.6 cm³/mol. The van der Waals surface area contributed by atoms with E-state index in [4.69, 9.17) is 16.2 Å². The topological polar surface area (TPSA) is 120 Å². The van der Waals surface area contributed by atoms with E-state index >= 15 is 0 Å². The summed E-state index contributed by atoms with van der Waals surface area (Å²) in [6.45, 7) is 1.64. The molecule has 0 radical (unpaired) electrons. The van der Waals surface area contributed by atoms with Gasteiger partial charge < -0.3 is 21.2 Å². The number of nitrogens with zero attached hydrogens (tertiary/aromatic N) is 2. The number of carbonyl (C=O) groups is 1. The number of aryl methyl sites for hydroxylation is 1. The minimum Gasteiger partial charge on any atom is -0.408 e. The van der Waals surface area contributed by atoms with Crippen molar-refractivity contribution in [3.8, 4) is 28.4 Å². The number of aromatic amines is 1. The summed E-state index contributed by atoms with van der Waals surface area (Å²) in [7, 11) is 0. The third-order valence-corrected chi connectivity index (χ3v) is 3.40. The van der Waals surface area contributed by atoms with Crippen molar-refractivity contribution in [2.45, 2.75) is 6.92 Å². The number of hydrogen-bond acceptors (Lipinski definition) is 5. The van der Waals surface area contributed by atoms with Gasteiger partial charge in [0, 0.05) is 17.8 Å². The summed E-state index contributed by atoms with van der Waals surface area (Å²) in [6, 6.07) is 8.03. The van der Waals surface area contributed by atoms with E-state index in [0.717, 1.165) is 0 Å². The van der Waals surface area contributed by atoms with Crippen LogP contribution < -0.4 is 16.2 Å². The summed E-state index contributed by atoms with van der Waals surface area (Å²) in [4.78, 5) is 22.0. The number of H-pyrrole nitrogens is 1. The van der Waals surface area contributed by atoms with E-state index in [-0.39, 0.29) is 23.0 Å². The van der Waals surface area contributed by atoms with Gasteiger partial charge in [-0.2, -0.15) is 0 Å². The van der Waals surface area contributed by atoms with Crippen LogP contribution in [0.3, 0.4) is 0 Å². The van der Waals surface area contributed by atoms with Crippen LogP contribution in [0.1, 0.15) is 5.56 Å². The predicted octanol–water partition coefficient (Wildman–Crippen LogP) is 2.63. The third-order valence-electron chi connectivity index (χ3n) is 3.40. The summed E-state index contributed by atoms with van der Waals surface area (Å²) < 4.78 is 19.4. The molecule has 2 heterocycles. The van der Waals surface area contributed by atoms with Crippen molar-refractivity contribution in [2.75, 3.05) is 5.73 Å². The van der Waals surface area contributed by atoms with E-state index < -0.39 is 11.9 Å². The lowest BCUT2D eigenvalue weighted by molar-refractivity contribution is 0.211. The fraction of sp³-hybridized carbons (Fsp3) is 0.0625. The zero-order chi connectivity index (χ0) is 17.3. The summed E-state index contributed by atoms with van der Waals surface area (Å²) in [6.07, 6.45) is 0.483. The Morgan fingerprint density at radius 1 is 1.33 bits per heavy atom. The van der Waals surface area contributed by atoms with Crippen molar-refractivity contribution in [1.82, 2.24) is 15.0 Å². The molecule has 0 saturated heterocycles. The first-order valence-corrected chi connectivity index (χ1v) is 7.00. The molecule has 3 aromatic rings. The van der Waals surface area contributed by atoms with Crippen molar-refractivity contribution in [3.05, 3.63) is 47.9 Å². The molecule has 5 N–H and O–H groups in total. The number of nitrogens with two attached hydrogens (primary N) is 2. The zero-order valence-corrected chi connectivity index (χ0v) is 12.7. The highest BCUT2D eigenvalue weighted by atomic mass is 19.1. The maximum absolute atomic E-state index is 14.4. The molecule has 0 bridgehead atoms. The first kappa shape index (κ1) is 15.5. The highest BCUT2D eigenvalue weighted by Crippen LogP contribution is 2.36. The Bertz CT molecular complexity index is 923. The molecular weight excluding hydrogens is 313 g/mol. The fourth-order valence-corrected chi connectivity index (χ4v) is 2.33. The van der Waals surface area contributed by atoms with Gasteiger partial charge in [0.15, 0.2) is 5.75 Å². The number of hydrogen-bond donors (Lipinski definition) is 3. The Morgan fingerprint density at radius 3 is 2.83 bits per heavy atom. The van der Waals surface area contributed by atoms with Crippen LogP contribution in [0.4, 0.5) is 15.1 Å². The Balaban J connectivity index is 2.17. The van der Waals surface area contributed by atoms with E-state index in [1.165, 1.54) is 12.3 Å². The lowest BCUT2D eigenvalue weighted by Gasteiger charge is -2.06. The molecule has 122 valence electrons. The first-order valence-electron chi connectivity index (χ1n) is 7.00. The van der Waals surface area contributed by atoms with E-state index in [9.17, 15) is 9.18 Å². The Morgan fingerprint density at radius 2 is 2.12 bits per heavy atom. The minimum absolute atomic E-state index is 0.0859. The van der Waals surface area contributed by atoms with E-state index in [0.29, 0.717) is 17.0 Å². The van der Waals surface area contributed by atoms with Gasteiger partial charge in [-0.05, 0) is 24.6 Å². The molecule has 24 heavy (non-hydrogen) atoms. The van der Waals surface area contributed by atoms with Crippen LogP contribution in [0.15, 0.2) is 36.5 Å². The smallest absolute Gasteiger partial charge is 0.408 e. The SMILES string of the molecule is Cc1cccc(-c2[nH]c(-c3ccnc(N)n3)cc2OC(N)=O)c1F. The summed E-state index contributed by atoms with van der Waals surface area (Å²) in [5.74, 6) is -0.246. The number of carbonyl (C=O) groups excluding carboxylic acids is 1. The molecule has 0 fully saturated rings. The van der Waals surface area contributed by atoms with Gasteiger partial charge in [-0.1, -0.05) is 12.1 Å². The van der Waals surface area contributed by atoms with Crippen molar-refractivity contribution in [1.29, 1.82) is 0 Å². The molecular formula is C16H14FN5O2. The van der Waals surface area contributed by atoms with E-state index in [2.05, 4.69) is 15.0 Å². The van der Waals surface area contributed by atoms with Gasteiger partial charge in [0.05, 0.1) is 17.1 Å². The molecule has 0 unspecified atom stereocenters. The van der Waals surface area contributed by atoms with Crippen LogP contribution in [0.2, 0.25) is 0 Å². The van der Waals surface area contributed by atoms with Crippen LogP contribution in [0.25, 0.3) is 22.6 Å². The van der Waals surface area contributed by atoms with Gasteiger partial charge in [0.1, 0.15) is 5.82 Å². The van der Waals surface area contributed by atoms with Gasteiger partial charge in [0.25, 0.3) is 0 Å². The van der Waals surface area contributed by atoms with Crippen molar-refractivity contribution in [2.24, 2.45) is 5.73 Å². The van der Waals surface area contributed by atoms with Crippen molar-refractivity contribution in [3.63, 3.8) is 0 Å². The third kappa shape index (κ3) is 2.89. The van der Waals surface area contributed by atoms with Gasteiger partial charge in [0.2, 0.25) is 5.95 Å². The second-order valence-corrected chi connectivity index (χ2v) is 5.08. The molecule has 0 aliphatic carbocycles. The highest BCUT2D eigenvalue weighted by Gasteiger charge is 2.19. The minimum atomic E-state index is -1.00. The average Bonchev–Trinajstić information content (AvgIpc) is 2.93. The summed E-state index contributed by atoms with van der Waals surface area (Å²) in [5.41, 5.74) is 12.6. The largest absolute Gasteiger partial charge is 0.410 e. The van der Waals surface area contributed by atoms with Gasteiger partial charge in [-0.15, -0.1) is 0 Å². The maximum atomic E-state index is 14.4. The van der Waals surface area contributed by atoms with Gasteiger partial charge in [-0.3, -0.25) is 0 Å². The molecule has 0 aliphatic heterocycles. The number of nitrogens with one attached hydrogen (secondary N) is 1. The number of benzene rings is 1. The van der Waals surface area contributed by atoms with Gasteiger partial charge in [-0.25, -0.2) is 19.2 Å². The Labute approximate surface area is 136 Å².